The standard InChI is InChI=1S/C11H20BrNO/c1-11(2,3)10(14)13-7-5-4-6-9(13)8-12/h9H,4-8H2,1-3H3. The van der Waals surface area contributed by atoms with Gasteiger partial charge in [-0.25, -0.2) is 0 Å². The van der Waals surface area contributed by atoms with E-state index in [2.05, 4.69) is 20.8 Å². The second kappa shape index (κ2) is 4.65. The lowest BCUT2D eigenvalue weighted by molar-refractivity contribution is -0.142. The molecule has 0 bridgehead atoms. The third kappa shape index (κ3) is 2.72. The monoisotopic (exact) mass is 261 g/mol. The number of halogens is 1. The molecule has 0 saturated carbocycles. The van der Waals surface area contributed by atoms with Crippen LogP contribution in [0.1, 0.15) is 40.0 Å². The third-order valence-corrected chi connectivity index (χ3v) is 3.46. The fraction of sp³-hybridized carbons (Fsp3) is 0.909. The fourth-order valence-electron chi connectivity index (χ4n) is 1.86. The zero-order valence-electron chi connectivity index (χ0n) is 9.35. The first-order valence-corrected chi connectivity index (χ1v) is 6.46. The van der Waals surface area contributed by atoms with Gasteiger partial charge >= 0.3 is 0 Å². The van der Waals surface area contributed by atoms with E-state index >= 15 is 0 Å². The van der Waals surface area contributed by atoms with E-state index in [4.69, 9.17) is 0 Å². The van der Waals surface area contributed by atoms with Crippen LogP contribution in [0.3, 0.4) is 0 Å². The van der Waals surface area contributed by atoms with Crippen molar-refractivity contribution < 1.29 is 4.79 Å². The Hall–Kier alpha value is -0.0500. The summed E-state index contributed by atoms with van der Waals surface area (Å²) in [7, 11) is 0. The topological polar surface area (TPSA) is 20.3 Å². The predicted octanol–water partition coefficient (Wildman–Crippen LogP) is 2.81. The smallest absolute Gasteiger partial charge is 0.228 e. The van der Waals surface area contributed by atoms with Gasteiger partial charge < -0.3 is 4.90 Å². The molecule has 1 rings (SSSR count). The summed E-state index contributed by atoms with van der Waals surface area (Å²) >= 11 is 3.49. The molecule has 1 amide bonds. The van der Waals surface area contributed by atoms with Gasteiger partial charge in [-0.15, -0.1) is 0 Å². The average Bonchev–Trinajstić information content (AvgIpc) is 2.15. The highest BCUT2D eigenvalue weighted by atomic mass is 79.9. The van der Waals surface area contributed by atoms with Crippen LogP contribution in [-0.2, 0) is 4.79 Å². The molecule has 0 aromatic heterocycles. The first kappa shape index (κ1) is 12.0. The summed E-state index contributed by atoms with van der Waals surface area (Å²) in [4.78, 5) is 14.1. The van der Waals surface area contributed by atoms with Crippen molar-refractivity contribution in [3.05, 3.63) is 0 Å². The number of carbonyl (C=O) groups is 1. The van der Waals surface area contributed by atoms with E-state index in [9.17, 15) is 4.79 Å². The summed E-state index contributed by atoms with van der Waals surface area (Å²) < 4.78 is 0. The second-order valence-electron chi connectivity index (χ2n) is 5.05. The van der Waals surface area contributed by atoms with Crippen LogP contribution in [0.2, 0.25) is 0 Å². The molecule has 1 aliphatic rings. The average molecular weight is 262 g/mol. The molecular weight excluding hydrogens is 242 g/mol. The van der Waals surface area contributed by atoms with E-state index in [-0.39, 0.29) is 5.41 Å². The van der Waals surface area contributed by atoms with Crippen LogP contribution in [0.25, 0.3) is 0 Å². The molecule has 0 aliphatic carbocycles. The Bertz CT molecular complexity index is 210. The van der Waals surface area contributed by atoms with E-state index in [1.54, 1.807) is 0 Å². The van der Waals surface area contributed by atoms with Crippen molar-refractivity contribution in [2.24, 2.45) is 5.41 Å². The number of amides is 1. The number of nitrogens with zero attached hydrogens (tertiary/aromatic N) is 1. The highest BCUT2D eigenvalue weighted by molar-refractivity contribution is 9.09. The second-order valence-corrected chi connectivity index (χ2v) is 5.70. The van der Waals surface area contributed by atoms with Crippen LogP contribution in [0.5, 0.6) is 0 Å². The van der Waals surface area contributed by atoms with Gasteiger partial charge in [0.25, 0.3) is 0 Å². The van der Waals surface area contributed by atoms with Gasteiger partial charge in [0.1, 0.15) is 0 Å². The van der Waals surface area contributed by atoms with Crippen molar-refractivity contribution in [3.8, 4) is 0 Å². The van der Waals surface area contributed by atoms with Gasteiger partial charge in [0.05, 0.1) is 0 Å². The van der Waals surface area contributed by atoms with Crippen LogP contribution < -0.4 is 0 Å². The summed E-state index contributed by atoms with van der Waals surface area (Å²) in [6, 6.07) is 0.412. The Balaban J connectivity index is 2.69. The number of alkyl halides is 1. The van der Waals surface area contributed by atoms with Crippen molar-refractivity contribution in [2.45, 2.75) is 46.1 Å². The van der Waals surface area contributed by atoms with E-state index in [0.717, 1.165) is 24.7 Å². The lowest BCUT2D eigenvalue weighted by Gasteiger charge is -2.38. The highest BCUT2D eigenvalue weighted by Gasteiger charge is 2.32. The zero-order valence-corrected chi connectivity index (χ0v) is 10.9. The minimum absolute atomic E-state index is 0.238. The molecular formula is C11H20BrNO. The van der Waals surface area contributed by atoms with Crippen molar-refractivity contribution in [1.29, 1.82) is 0 Å². The molecule has 1 aliphatic heterocycles. The molecule has 0 N–H and O–H groups in total. The minimum atomic E-state index is -0.238. The maximum Gasteiger partial charge on any atom is 0.228 e. The number of piperidine rings is 1. The van der Waals surface area contributed by atoms with Gasteiger partial charge in [0.2, 0.25) is 5.91 Å². The molecule has 14 heavy (non-hydrogen) atoms. The number of carbonyl (C=O) groups excluding carboxylic acids is 1. The van der Waals surface area contributed by atoms with Crippen LogP contribution in [0, 0.1) is 5.41 Å². The molecule has 0 aromatic carbocycles. The van der Waals surface area contributed by atoms with Gasteiger partial charge in [-0.05, 0) is 19.3 Å². The predicted molar refractivity (Wildman–Crippen MR) is 62.6 cm³/mol. The highest BCUT2D eigenvalue weighted by Crippen LogP contribution is 2.25. The van der Waals surface area contributed by atoms with E-state index in [1.807, 2.05) is 20.8 Å². The normalized spacial score (nSPS) is 23.7. The molecule has 0 spiro atoms. The van der Waals surface area contributed by atoms with E-state index in [1.165, 1.54) is 6.42 Å². The first-order valence-electron chi connectivity index (χ1n) is 5.34. The lowest BCUT2D eigenvalue weighted by atomic mass is 9.92. The summed E-state index contributed by atoms with van der Waals surface area (Å²) in [6.45, 7) is 6.92. The molecule has 3 heteroatoms. The van der Waals surface area contributed by atoms with Gasteiger partial charge in [-0.3, -0.25) is 4.79 Å². The number of rotatable bonds is 1. The summed E-state index contributed by atoms with van der Waals surface area (Å²) in [6.07, 6.45) is 3.56. The van der Waals surface area contributed by atoms with Gasteiger partial charge in [0.15, 0.2) is 0 Å². The number of hydrogen-bond donors (Lipinski definition) is 0. The van der Waals surface area contributed by atoms with Crippen LogP contribution >= 0.6 is 15.9 Å². The van der Waals surface area contributed by atoms with E-state index in [0.29, 0.717) is 11.9 Å². The molecule has 1 atom stereocenters. The molecule has 0 aromatic rings. The van der Waals surface area contributed by atoms with E-state index < -0.39 is 0 Å². The Labute approximate surface area is 95.2 Å². The van der Waals surface area contributed by atoms with Crippen LogP contribution in [0.15, 0.2) is 0 Å². The van der Waals surface area contributed by atoms with Crippen molar-refractivity contribution in [2.75, 3.05) is 11.9 Å². The molecule has 2 nitrogen and oxygen atoms in total. The van der Waals surface area contributed by atoms with Crippen molar-refractivity contribution in [1.82, 2.24) is 4.90 Å². The zero-order chi connectivity index (χ0) is 10.8. The van der Waals surface area contributed by atoms with Crippen LogP contribution in [0.4, 0.5) is 0 Å². The van der Waals surface area contributed by atoms with Gasteiger partial charge in [0, 0.05) is 23.3 Å². The SMILES string of the molecule is CC(C)(C)C(=O)N1CCCCC1CBr. The van der Waals surface area contributed by atoms with Gasteiger partial charge in [-0.2, -0.15) is 0 Å². The molecule has 82 valence electrons. The van der Waals surface area contributed by atoms with Crippen molar-refractivity contribution >= 4 is 21.8 Å². The maximum atomic E-state index is 12.1. The Morgan fingerprint density at radius 3 is 2.57 bits per heavy atom. The van der Waals surface area contributed by atoms with Crippen molar-refractivity contribution in [3.63, 3.8) is 0 Å². The van der Waals surface area contributed by atoms with Crippen LogP contribution in [-0.4, -0.2) is 28.7 Å². The van der Waals surface area contributed by atoms with Gasteiger partial charge in [-0.1, -0.05) is 36.7 Å². The molecule has 1 saturated heterocycles. The largest absolute Gasteiger partial charge is 0.338 e. The summed E-state index contributed by atoms with van der Waals surface area (Å²) in [5, 5.41) is 0.912. The maximum absolute atomic E-state index is 12.1. The lowest BCUT2D eigenvalue weighted by Crippen LogP contribution is -2.49. The number of likely N-dealkylation sites (tertiary alicyclic amines) is 1. The molecule has 0 radical (unpaired) electrons. The third-order valence-electron chi connectivity index (χ3n) is 2.71. The fourth-order valence-corrected chi connectivity index (χ4v) is 2.53. The Morgan fingerprint density at radius 1 is 1.43 bits per heavy atom. The Morgan fingerprint density at radius 2 is 2.07 bits per heavy atom. The molecule has 1 fully saturated rings. The quantitative estimate of drug-likeness (QED) is 0.665. The molecule has 1 heterocycles. The minimum Gasteiger partial charge on any atom is -0.338 e. The summed E-state index contributed by atoms with van der Waals surface area (Å²) in [5.74, 6) is 0.293. The summed E-state index contributed by atoms with van der Waals surface area (Å²) in [5.41, 5.74) is -0.238. The first-order chi connectivity index (χ1) is 6.46. The number of hydrogen-bond acceptors (Lipinski definition) is 1. The molecule has 1 unspecified atom stereocenters. The Kier molecular flexibility index (Phi) is 3.99.